The lowest BCUT2D eigenvalue weighted by Crippen LogP contribution is -2.68. The second-order valence-electron chi connectivity index (χ2n) is 15.0. The molecule has 0 aromatic heterocycles. The zero-order valence-electron chi connectivity index (χ0n) is 24.3. The molecular weight excluding hydrogens is 464 g/mol. The summed E-state index contributed by atoms with van der Waals surface area (Å²) in [6, 6.07) is 0. The molecule has 0 spiro atoms. The molecule has 0 radical (unpaired) electrons. The average molecular weight is 513 g/mol. The molecule has 5 heteroatoms. The highest BCUT2D eigenvalue weighted by Gasteiger charge is 2.72. The maximum Gasteiger partial charge on any atom is 0.313 e. The summed E-state index contributed by atoms with van der Waals surface area (Å²) in [6.45, 7) is 17.4. The Labute approximate surface area is 223 Å². The number of carboxylic acids is 1. The minimum absolute atomic E-state index is 0.0680. The maximum atomic E-state index is 14.4. The van der Waals surface area contributed by atoms with Gasteiger partial charge in [-0.1, -0.05) is 47.1 Å². The van der Waals surface area contributed by atoms with E-state index in [2.05, 4.69) is 47.6 Å². The van der Waals surface area contributed by atoms with E-state index in [1.165, 1.54) is 31.8 Å². The number of rotatable bonds is 2. The Morgan fingerprint density at radius 3 is 2.24 bits per heavy atom. The van der Waals surface area contributed by atoms with E-state index < -0.39 is 28.9 Å². The van der Waals surface area contributed by atoms with Gasteiger partial charge < -0.3 is 9.84 Å². The van der Waals surface area contributed by atoms with E-state index in [4.69, 9.17) is 4.74 Å². The van der Waals surface area contributed by atoms with Gasteiger partial charge in [0.1, 0.15) is 11.5 Å². The molecule has 0 heterocycles. The summed E-state index contributed by atoms with van der Waals surface area (Å²) in [5, 5.41) is 10.5. The zero-order valence-corrected chi connectivity index (χ0v) is 24.3. The minimum Gasteiger partial charge on any atom is -0.481 e. The highest BCUT2D eigenvalue weighted by Crippen LogP contribution is 2.75. The first-order valence-electron chi connectivity index (χ1n) is 14.7. The molecule has 5 aliphatic carbocycles. The quantitative estimate of drug-likeness (QED) is 0.410. The molecule has 0 amide bonds. The molecule has 0 aromatic rings. The Morgan fingerprint density at radius 2 is 1.62 bits per heavy atom. The summed E-state index contributed by atoms with van der Waals surface area (Å²) < 4.78 is 5.63. The van der Waals surface area contributed by atoms with Gasteiger partial charge in [0.05, 0.1) is 0 Å². The molecule has 0 bridgehead atoms. The average Bonchev–Trinajstić information content (AvgIpc) is 2.79. The fourth-order valence-electron chi connectivity index (χ4n) is 11.0. The third-order valence-corrected chi connectivity index (χ3v) is 13.5. The molecule has 0 saturated heterocycles. The van der Waals surface area contributed by atoms with Crippen LogP contribution in [0.4, 0.5) is 0 Å². The summed E-state index contributed by atoms with van der Waals surface area (Å²) in [4.78, 5) is 39.1. The van der Waals surface area contributed by atoms with Crippen molar-refractivity contribution in [3.05, 3.63) is 11.6 Å². The minimum atomic E-state index is -1.20. The Bertz CT molecular complexity index is 1060. The van der Waals surface area contributed by atoms with Crippen LogP contribution in [-0.2, 0) is 19.1 Å². The van der Waals surface area contributed by atoms with Crippen molar-refractivity contribution in [1.82, 2.24) is 0 Å². The molecule has 0 aromatic carbocycles. The Morgan fingerprint density at radius 1 is 0.946 bits per heavy atom. The van der Waals surface area contributed by atoms with Gasteiger partial charge in [0.2, 0.25) is 0 Å². The van der Waals surface area contributed by atoms with Gasteiger partial charge in [0, 0.05) is 12.8 Å². The fourth-order valence-corrected chi connectivity index (χ4v) is 11.0. The van der Waals surface area contributed by atoms with Crippen LogP contribution in [0, 0.1) is 56.7 Å². The number of fused-ring (bicyclic) bond motifs is 7. The Kier molecular flexibility index (Phi) is 5.95. The van der Waals surface area contributed by atoms with Gasteiger partial charge in [-0.2, -0.15) is 0 Å². The number of aliphatic carboxylic acids is 1. The predicted molar refractivity (Wildman–Crippen MR) is 143 cm³/mol. The van der Waals surface area contributed by atoms with Gasteiger partial charge in [-0.05, 0) is 110 Å². The van der Waals surface area contributed by atoms with E-state index in [9.17, 15) is 19.5 Å². The highest BCUT2D eigenvalue weighted by atomic mass is 16.5. The zero-order chi connectivity index (χ0) is 27.3. The molecule has 0 aliphatic heterocycles. The van der Waals surface area contributed by atoms with Crippen molar-refractivity contribution < 1.29 is 24.2 Å². The number of carbonyl (C=O) groups is 3. The van der Waals surface area contributed by atoms with Crippen molar-refractivity contribution >= 4 is 17.7 Å². The normalized spacial score (nSPS) is 53.1. The van der Waals surface area contributed by atoms with E-state index in [1.807, 2.05) is 0 Å². The van der Waals surface area contributed by atoms with Crippen molar-refractivity contribution in [3.63, 3.8) is 0 Å². The summed E-state index contributed by atoms with van der Waals surface area (Å²) in [6.07, 6.45) is 8.96. The number of ketones is 1. The molecule has 206 valence electrons. The van der Waals surface area contributed by atoms with Gasteiger partial charge >= 0.3 is 11.9 Å². The number of carboxylic acid groups (broad SMARTS) is 1. The van der Waals surface area contributed by atoms with Crippen LogP contribution in [0.5, 0.6) is 0 Å². The van der Waals surface area contributed by atoms with Crippen LogP contribution in [0.2, 0.25) is 0 Å². The van der Waals surface area contributed by atoms with Crippen LogP contribution < -0.4 is 0 Å². The number of hydrogen-bond acceptors (Lipinski definition) is 4. The molecule has 11 atom stereocenters. The van der Waals surface area contributed by atoms with Crippen LogP contribution in [0.15, 0.2) is 11.6 Å². The van der Waals surface area contributed by atoms with E-state index in [0.717, 1.165) is 19.3 Å². The summed E-state index contributed by atoms with van der Waals surface area (Å²) in [7, 11) is 0. The SMILES string of the molecule is CC(=O)OC1CC[C@@]2(C)C(CC[C@]3(C)C2C(=O)C=C2C4C(C)C(C)CC[C@]4(C)CC[C@]23C)[C@@]1(C)C(=O)O. The monoisotopic (exact) mass is 512 g/mol. The van der Waals surface area contributed by atoms with Crippen LogP contribution >= 0.6 is 0 Å². The summed E-state index contributed by atoms with van der Waals surface area (Å²) >= 11 is 0. The third-order valence-electron chi connectivity index (χ3n) is 13.5. The number of ether oxygens (including phenoxy) is 1. The van der Waals surface area contributed by atoms with E-state index in [0.29, 0.717) is 30.6 Å². The smallest absolute Gasteiger partial charge is 0.313 e. The van der Waals surface area contributed by atoms with Crippen molar-refractivity contribution in [3.8, 4) is 0 Å². The van der Waals surface area contributed by atoms with Crippen molar-refractivity contribution in [2.75, 3.05) is 0 Å². The van der Waals surface area contributed by atoms with Crippen molar-refractivity contribution in [2.45, 2.75) is 113 Å². The number of esters is 1. The van der Waals surface area contributed by atoms with E-state index in [1.54, 1.807) is 6.92 Å². The molecule has 5 aliphatic rings. The van der Waals surface area contributed by atoms with Crippen LogP contribution in [0.25, 0.3) is 0 Å². The molecule has 6 unspecified atom stereocenters. The van der Waals surface area contributed by atoms with Crippen LogP contribution in [0.3, 0.4) is 0 Å². The summed E-state index contributed by atoms with van der Waals surface area (Å²) in [5.41, 5.74) is -0.280. The topological polar surface area (TPSA) is 80.7 Å². The standard InChI is InChI=1S/C32H48O5/c1-18-9-12-28(4)15-16-30(6)21(25(28)19(18)2)17-22(34)26-29(5)13-11-24(37-20(3)33)32(8,27(35)36)23(29)10-14-31(26,30)7/h17-19,23-26H,9-16H2,1-8H3,(H,35,36)/t18?,19?,23?,24?,25?,26?,28-,29+,30-,31-,32-/m1/s1. The molecule has 1 N–H and O–H groups in total. The lowest BCUT2D eigenvalue weighted by Gasteiger charge is -2.70. The van der Waals surface area contributed by atoms with Gasteiger partial charge in [-0.15, -0.1) is 0 Å². The molecule has 4 fully saturated rings. The number of allylic oxidation sites excluding steroid dienone is 2. The Hall–Kier alpha value is -1.65. The Balaban J connectivity index is 1.62. The van der Waals surface area contributed by atoms with Crippen LogP contribution in [0.1, 0.15) is 107 Å². The largest absolute Gasteiger partial charge is 0.481 e. The summed E-state index contributed by atoms with van der Waals surface area (Å²) in [5.74, 6) is 0.0756. The molecular formula is C32H48O5. The van der Waals surface area contributed by atoms with Gasteiger partial charge in [0.15, 0.2) is 5.78 Å². The second kappa shape index (κ2) is 8.18. The van der Waals surface area contributed by atoms with Gasteiger partial charge in [0.25, 0.3) is 0 Å². The van der Waals surface area contributed by atoms with Crippen molar-refractivity contribution in [2.24, 2.45) is 56.7 Å². The first-order chi connectivity index (χ1) is 17.1. The predicted octanol–water partition coefficient (Wildman–Crippen LogP) is 6.84. The van der Waals surface area contributed by atoms with Crippen LogP contribution in [-0.4, -0.2) is 28.9 Å². The van der Waals surface area contributed by atoms with Gasteiger partial charge in [-0.3, -0.25) is 14.4 Å². The lowest BCUT2D eigenvalue weighted by molar-refractivity contribution is -0.220. The first kappa shape index (κ1) is 26.9. The first-order valence-corrected chi connectivity index (χ1v) is 14.7. The van der Waals surface area contributed by atoms with Crippen molar-refractivity contribution in [1.29, 1.82) is 0 Å². The molecule has 4 saturated carbocycles. The highest BCUT2D eigenvalue weighted by molar-refractivity contribution is 5.96. The maximum absolute atomic E-state index is 14.4. The van der Waals surface area contributed by atoms with E-state index in [-0.39, 0.29) is 33.9 Å². The lowest BCUT2D eigenvalue weighted by atomic mass is 9.33. The molecule has 5 rings (SSSR count). The number of carbonyl (C=O) groups excluding carboxylic acids is 2. The third kappa shape index (κ3) is 3.30. The fraction of sp³-hybridized carbons (Fsp3) is 0.844. The number of hydrogen-bond donors (Lipinski definition) is 1. The molecule has 37 heavy (non-hydrogen) atoms. The van der Waals surface area contributed by atoms with Gasteiger partial charge in [-0.25, -0.2) is 0 Å². The second-order valence-corrected chi connectivity index (χ2v) is 15.0. The molecule has 5 nitrogen and oxygen atoms in total. The van der Waals surface area contributed by atoms with E-state index >= 15 is 0 Å².